The number of rotatable bonds is 1. The molecule has 1 fully saturated rings. The number of thiophene rings is 1. The van der Waals surface area contributed by atoms with Crippen molar-refractivity contribution in [3.05, 3.63) is 14.4 Å². The number of hydrogen-bond acceptors (Lipinski definition) is 3. The molecule has 7 heteroatoms. The summed E-state index contributed by atoms with van der Waals surface area (Å²) < 4.78 is 13.0. The quantitative estimate of drug-likeness (QED) is 0.729. The maximum Gasteiger partial charge on any atom is 0.507 e. The van der Waals surface area contributed by atoms with Gasteiger partial charge >= 0.3 is 7.12 Å². The van der Waals surface area contributed by atoms with Crippen molar-refractivity contribution in [2.45, 2.75) is 38.9 Å². The van der Waals surface area contributed by atoms with Crippen LogP contribution in [0.3, 0.4) is 0 Å². The minimum Gasteiger partial charge on any atom is -0.399 e. The number of halogens is 3. The summed E-state index contributed by atoms with van der Waals surface area (Å²) in [4.78, 5) is 0. The molecule has 17 heavy (non-hydrogen) atoms. The molecule has 94 valence electrons. The highest BCUT2D eigenvalue weighted by Crippen LogP contribution is 2.40. The van der Waals surface area contributed by atoms with E-state index >= 15 is 0 Å². The van der Waals surface area contributed by atoms with Crippen LogP contribution in [-0.4, -0.2) is 18.3 Å². The Bertz CT molecular complexity index is 443. The third-order valence-electron chi connectivity index (χ3n) is 3.25. The molecule has 2 rings (SSSR count). The molecule has 0 radical (unpaired) electrons. The molecule has 2 heterocycles. The van der Waals surface area contributed by atoms with E-state index in [4.69, 9.17) is 44.1 Å². The van der Waals surface area contributed by atoms with E-state index < -0.39 is 18.3 Å². The standard InChI is InChI=1S/C10H12BCl3O2S/c1-9(2)10(3,4)16-11(15-9)7-5(12)6(13)8(14)17-7/h1-4H3. The topological polar surface area (TPSA) is 18.5 Å². The van der Waals surface area contributed by atoms with Crippen LogP contribution < -0.4 is 4.78 Å². The molecule has 0 amide bonds. The molecule has 1 aliphatic rings. The lowest BCUT2D eigenvalue weighted by Crippen LogP contribution is -2.41. The predicted molar refractivity (Wildman–Crippen MR) is 75.1 cm³/mol. The molecule has 0 unspecified atom stereocenters. The zero-order valence-corrected chi connectivity index (χ0v) is 13.0. The molecule has 2 nitrogen and oxygen atoms in total. The first-order chi connectivity index (χ1) is 7.66. The van der Waals surface area contributed by atoms with Crippen molar-refractivity contribution in [2.75, 3.05) is 0 Å². The fraction of sp³-hybridized carbons (Fsp3) is 0.600. The summed E-state index contributed by atoms with van der Waals surface area (Å²) in [7, 11) is -0.512. The van der Waals surface area contributed by atoms with Crippen LogP contribution >= 0.6 is 46.1 Å². The van der Waals surface area contributed by atoms with Crippen LogP contribution in [0.5, 0.6) is 0 Å². The molecule has 0 atom stereocenters. The van der Waals surface area contributed by atoms with Gasteiger partial charge in [0.25, 0.3) is 0 Å². The van der Waals surface area contributed by atoms with Crippen molar-refractivity contribution < 1.29 is 9.31 Å². The molecule has 1 aromatic rings. The van der Waals surface area contributed by atoms with Crippen LogP contribution in [0, 0.1) is 0 Å². The van der Waals surface area contributed by atoms with Gasteiger partial charge in [-0.1, -0.05) is 34.8 Å². The summed E-state index contributed by atoms with van der Waals surface area (Å²) in [5.74, 6) is 0. The first kappa shape index (κ1) is 14.0. The average molecular weight is 313 g/mol. The Balaban J connectivity index is 2.35. The van der Waals surface area contributed by atoms with Gasteiger partial charge in [0, 0.05) is 0 Å². The summed E-state index contributed by atoms with van der Waals surface area (Å²) in [6.07, 6.45) is 0. The van der Waals surface area contributed by atoms with Gasteiger partial charge in [0.2, 0.25) is 0 Å². The molecular weight excluding hydrogens is 301 g/mol. The van der Waals surface area contributed by atoms with Crippen LogP contribution in [0.15, 0.2) is 0 Å². The Morgan fingerprint density at radius 2 is 1.41 bits per heavy atom. The second-order valence-corrected chi connectivity index (χ2v) is 7.37. The van der Waals surface area contributed by atoms with Gasteiger partial charge in [0.05, 0.1) is 26.0 Å². The summed E-state index contributed by atoms with van der Waals surface area (Å²) in [6, 6.07) is 0. The Kier molecular flexibility index (Phi) is 3.53. The van der Waals surface area contributed by atoms with Crippen molar-refractivity contribution in [1.29, 1.82) is 0 Å². The van der Waals surface area contributed by atoms with E-state index in [0.29, 0.717) is 14.4 Å². The predicted octanol–water partition coefficient (Wildman–Crippen LogP) is 4.01. The normalized spacial score (nSPS) is 22.2. The molecule has 1 aliphatic heterocycles. The van der Waals surface area contributed by atoms with Crippen LogP contribution in [-0.2, 0) is 9.31 Å². The Morgan fingerprint density at radius 1 is 0.941 bits per heavy atom. The van der Waals surface area contributed by atoms with E-state index in [1.165, 1.54) is 11.3 Å². The fourth-order valence-electron chi connectivity index (χ4n) is 1.48. The molecule has 0 saturated carbocycles. The monoisotopic (exact) mass is 312 g/mol. The zero-order valence-electron chi connectivity index (χ0n) is 9.94. The highest BCUT2D eigenvalue weighted by Gasteiger charge is 2.53. The minimum atomic E-state index is -0.512. The molecule has 0 aliphatic carbocycles. The van der Waals surface area contributed by atoms with Gasteiger partial charge in [0.1, 0.15) is 4.34 Å². The van der Waals surface area contributed by atoms with E-state index in [0.717, 1.165) is 4.78 Å². The maximum atomic E-state index is 6.11. The van der Waals surface area contributed by atoms with Gasteiger partial charge in [0.15, 0.2) is 0 Å². The highest BCUT2D eigenvalue weighted by molar-refractivity contribution is 7.27. The Hall–Kier alpha value is 0.555. The van der Waals surface area contributed by atoms with Crippen LogP contribution in [0.1, 0.15) is 27.7 Å². The zero-order chi connectivity index (χ0) is 13.0. The molecule has 0 bridgehead atoms. The van der Waals surface area contributed by atoms with Gasteiger partial charge in [-0.15, -0.1) is 11.3 Å². The third kappa shape index (κ3) is 2.24. The molecule has 0 N–H and O–H groups in total. The first-order valence-electron chi connectivity index (χ1n) is 5.14. The van der Waals surface area contributed by atoms with Crippen molar-refractivity contribution in [1.82, 2.24) is 0 Å². The maximum absolute atomic E-state index is 6.11. The highest BCUT2D eigenvalue weighted by atomic mass is 35.5. The molecule has 1 saturated heterocycles. The number of hydrogen-bond donors (Lipinski definition) is 0. The lowest BCUT2D eigenvalue weighted by molar-refractivity contribution is 0.00578. The third-order valence-corrected chi connectivity index (χ3v) is 5.86. The smallest absolute Gasteiger partial charge is 0.399 e. The lowest BCUT2D eigenvalue weighted by atomic mass is 9.88. The summed E-state index contributed by atoms with van der Waals surface area (Å²) in [6.45, 7) is 7.94. The molecule has 0 spiro atoms. The minimum absolute atomic E-state index is 0.364. The first-order valence-corrected chi connectivity index (χ1v) is 7.09. The average Bonchev–Trinajstić information content (AvgIpc) is 2.55. The lowest BCUT2D eigenvalue weighted by Gasteiger charge is -2.32. The van der Waals surface area contributed by atoms with Crippen LogP contribution in [0.25, 0.3) is 0 Å². The summed E-state index contributed by atoms with van der Waals surface area (Å²) >= 11 is 19.3. The van der Waals surface area contributed by atoms with E-state index in [1.807, 2.05) is 27.7 Å². The van der Waals surface area contributed by atoms with Crippen LogP contribution in [0.2, 0.25) is 14.4 Å². The van der Waals surface area contributed by atoms with E-state index in [-0.39, 0.29) is 0 Å². The molecular formula is C10H12BCl3O2S. The van der Waals surface area contributed by atoms with Gasteiger partial charge in [-0.25, -0.2) is 0 Å². The van der Waals surface area contributed by atoms with Gasteiger partial charge in [-0.05, 0) is 27.7 Å². The van der Waals surface area contributed by atoms with Crippen LogP contribution in [0.4, 0.5) is 0 Å². The van der Waals surface area contributed by atoms with Gasteiger partial charge < -0.3 is 9.31 Å². The summed E-state index contributed by atoms with van der Waals surface area (Å²) in [5, 5.41) is 0.781. The Morgan fingerprint density at radius 3 is 1.76 bits per heavy atom. The second kappa shape index (κ2) is 4.29. The van der Waals surface area contributed by atoms with Crippen molar-refractivity contribution in [2.24, 2.45) is 0 Å². The van der Waals surface area contributed by atoms with Crippen molar-refractivity contribution in [3.8, 4) is 0 Å². The van der Waals surface area contributed by atoms with E-state index in [9.17, 15) is 0 Å². The molecule has 1 aromatic heterocycles. The summed E-state index contributed by atoms with van der Waals surface area (Å²) in [5.41, 5.74) is -0.798. The van der Waals surface area contributed by atoms with E-state index in [2.05, 4.69) is 0 Å². The van der Waals surface area contributed by atoms with Crippen molar-refractivity contribution in [3.63, 3.8) is 0 Å². The Labute approximate surface area is 120 Å². The fourth-order valence-corrected chi connectivity index (χ4v) is 3.27. The molecule has 0 aromatic carbocycles. The second-order valence-electron chi connectivity index (χ2n) is 4.96. The largest absolute Gasteiger partial charge is 0.507 e. The SMILES string of the molecule is CC1(C)OB(c2sc(Cl)c(Cl)c2Cl)OC1(C)C. The van der Waals surface area contributed by atoms with Gasteiger partial charge in [-0.3, -0.25) is 0 Å². The van der Waals surface area contributed by atoms with Crippen molar-refractivity contribution >= 4 is 58.0 Å². The van der Waals surface area contributed by atoms with Gasteiger partial charge in [-0.2, -0.15) is 0 Å². The van der Waals surface area contributed by atoms with E-state index in [1.54, 1.807) is 0 Å².